The number of hydrogen-bond donors (Lipinski definition) is 2. The van der Waals surface area contributed by atoms with Gasteiger partial charge in [0.15, 0.2) is 0 Å². The fraction of sp³-hybridized carbons (Fsp3) is 0.562. The summed E-state index contributed by atoms with van der Waals surface area (Å²) in [5.41, 5.74) is 1.32. The van der Waals surface area contributed by atoms with E-state index in [1.54, 1.807) is 0 Å². The molecular weight excluding hydrogens is 252 g/mol. The smallest absolute Gasteiger partial charge is 0.256 e. The number of nitrogens with one attached hydrogen (secondary N) is 2. The first-order valence-electron chi connectivity index (χ1n) is 7.34. The van der Waals surface area contributed by atoms with E-state index in [-0.39, 0.29) is 11.9 Å². The van der Waals surface area contributed by atoms with Crippen molar-refractivity contribution in [1.82, 2.24) is 5.32 Å². The molecule has 1 aliphatic heterocycles. The molecule has 4 nitrogen and oxygen atoms in total. The van der Waals surface area contributed by atoms with E-state index in [1.165, 1.54) is 5.56 Å². The standard InChI is InChI=1S/C16H24N2O2/c1-4-17-12(2)13-7-5-8-14(11-13)18-15(19)16(3)9-6-10-20-16/h5,7-8,11-12,17H,4,6,9-10H2,1-3H3,(H,18,19). The first-order chi connectivity index (χ1) is 9.55. The van der Waals surface area contributed by atoms with Gasteiger partial charge in [-0.15, -0.1) is 0 Å². The zero-order valence-corrected chi connectivity index (χ0v) is 12.5. The van der Waals surface area contributed by atoms with Gasteiger partial charge in [-0.1, -0.05) is 19.1 Å². The number of amides is 1. The molecule has 1 aromatic rings. The van der Waals surface area contributed by atoms with Crippen LogP contribution in [0.4, 0.5) is 5.69 Å². The minimum atomic E-state index is -0.677. The second kappa shape index (κ2) is 6.37. The molecular formula is C16H24N2O2. The molecule has 0 aliphatic carbocycles. The summed E-state index contributed by atoms with van der Waals surface area (Å²) < 4.78 is 5.57. The lowest BCUT2D eigenvalue weighted by atomic mass is 10.0. The lowest BCUT2D eigenvalue weighted by Crippen LogP contribution is -2.39. The van der Waals surface area contributed by atoms with E-state index < -0.39 is 5.60 Å². The fourth-order valence-corrected chi connectivity index (χ4v) is 2.53. The van der Waals surface area contributed by atoms with Crippen molar-refractivity contribution in [2.24, 2.45) is 0 Å². The van der Waals surface area contributed by atoms with Crippen LogP contribution in [0.2, 0.25) is 0 Å². The number of carbonyl (C=O) groups excluding carboxylic acids is 1. The molecule has 2 atom stereocenters. The van der Waals surface area contributed by atoms with Gasteiger partial charge in [-0.2, -0.15) is 0 Å². The van der Waals surface area contributed by atoms with E-state index in [1.807, 2.05) is 25.1 Å². The van der Waals surface area contributed by atoms with Gasteiger partial charge in [0.1, 0.15) is 5.60 Å². The van der Waals surface area contributed by atoms with Crippen LogP contribution in [0.5, 0.6) is 0 Å². The quantitative estimate of drug-likeness (QED) is 0.869. The average Bonchev–Trinajstić information content (AvgIpc) is 2.88. The van der Waals surface area contributed by atoms with Crippen molar-refractivity contribution in [2.75, 3.05) is 18.5 Å². The third kappa shape index (κ3) is 3.38. The first kappa shape index (κ1) is 15.0. The molecule has 1 saturated heterocycles. The predicted octanol–water partition coefficient (Wildman–Crippen LogP) is 2.86. The Morgan fingerprint density at radius 3 is 2.95 bits per heavy atom. The van der Waals surface area contributed by atoms with Crippen LogP contribution in [0.15, 0.2) is 24.3 Å². The SMILES string of the molecule is CCNC(C)c1cccc(NC(=O)C2(C)CCCO2)c1. The molecule has 0 saturated carbocycles. The van der Waals surface area contributed by atoms with Gasteiger partial charge < -0.3 is 15.4 Å². The van der Waals surface area contributed by atoms with Crippen molar-refractivity contribution in [3.63, 3.8) is 0 Å². The lowest BCUT2D eigenvalue weighted by molar-refractivity contribution is -0.133. The van der Waals surface area contributed by atoms with E-state index in [9.17, 15) is 4.79 Å². The van der Waals surface area contributed by atoms with Crippen LogP contribution in [-0.4, -0.2) is 24.7 Å². The van der Waals surface area contributed by atoms with Gasteiger partial charge >= 0.3 is 0 Å². The molecule has 0 bridgehead atoms. The normalized spacial score (nSPS) is 23.6. The highest BCUT2D eigenvalue weighted by Crippen LogP contribution is 2.27. The number of carbonyl (C=O) groups is 1. The van der Waals surface area contributed by atoms with E-state index in [0.29, 0.717) is 6.61 Å². The Bertz CT molecular complexity index is 467. The molecule has 1 amide bonds. The monoisotopic (exact) mass is 276 g/mol. The molecule has 2 rings (SSSR count). The van der Waals surface area contributed by atoms with Crippen molar-refractivity contribution < 1.29 is 9.53 Å². The molecule has 20 heavy (non-hydrogen) atoms. The molecule has 2 N–H and O–H groups in total. The molecule has 110 valence electrons. The Morgan fingerprint density at radius 2 is 2.30 bits per heavy atom. The van der Waals surface area contributed by atoms with Crippen LogP contribution in [0, 0.1) is 0 Å². The van der Waals surface area contributed by atoms with E-state index in [4.69, 9.17) is 4.74 Å². The summed E-state index contributed by atoms with van der Waals surface area (Å²) >= 11 is 0. The van der Waals surface area contributed by atoms with Crippen molar-refractivity contribution >= 4 is 11.6 Å². The Balaban J connectivity index is 2.06. The van der Waals surface area contributed by atoms with Crippen molar-refractivity contribution in [3.05, 3.63) is 29.8 Å². The Hall–Kier alpha value is -1.39. The third-order valence-corrected chi connectivity index (χ3v) is 3.85. The summed E-state index contributed by atoms with van der Waals surface area (Å²) in [5, 5.41) is 6.34. The third-order valence-electron chi connectivity index (χ3n) is 3.85. The summed E-state index contributed by atoms with van der Waals surface area (Å²) in [5.74, 6) is -0.0525. The minimum absolute atomic E-state index is 0.0525. The van der Waals surface area contributed by atoms with Gasteiger partial charge in [0.2, 0.25) is 0 Å². The zero-order valence-electron chi connectivity index (χ0n) is 12.5. The summed E-state index contributed by atoms with van der Waals surface area (Å²) in [6, 6.07) is 8.24. The van der Waals surface area contributed by atoms with Gasteiger partial charge in [-0.05, 0) is 50.9 Å². The Labute approximate surface area is 120 Å². The maximum atomic E-state index is 12.3. The molecule has 1 aliphatic rings. The molecule has 1 heterocycles. The number of anilines is 1. The van der Waals surface area contributed by atoms with Crippen LogP contribution >= 0.6 is 0 Å². The van der Waals surface area contributed by atoms with Gasteiger partial charge in [0, 0.05) is 18.3 Å². The highest BCUT2D eigenvalue weighted by Gasteiger charge is 2.37. The van der Waals surface area contributed by atoms with Crippen LogP contribution in [-0.2, 0) is 9.53 Å². The molecule has 0 aromatic heterocycles. The minimum Gasteiger partial charge on any atom is -0.365 e. The van der Waals surface area contributed by atoms with Gasteiger partial charge in [0.25, 0.3) is 5.91 Å². The summed E-state index contributed by atoms with van der Waals surface area (Å²) in [6.45, 7) is 7.65. The first-order valence-corrected chi connectivity index (χ1v) is 7.34. The van der Waals surface area contributed by atoms with Crippen molar-refractivity contribution in [2.45, 2.75) is 45.3 Å². The zero-order chi connectivity index (χ0) is 14.6. The number of ether oxygens (including phenoxy) is 1. The van der Waals surface area contributed by atoms with E-state index in [0.717, 1.165) is 25.1 Å². The van der Waals surface area contributed by atoms with Gasteiger partial charge in [-0.3, -0.25) is 4.79 Å². The molecule has 0 spiro atoms. The number of hydrogen-bond acceptors (Lipinski definition) is 3. The molecule has 0 radical (unpaired) electrons. The lowest BCUT2D eigenvalue weighted by Gasteiger charge is -2.22. The largest absolute Gasteiger partial charge is 0.365 e. The van der Waals surface area contributed by atoms with Crippen LogP contribution in [0.25, 0.3) is 0 Å². The molecule has 1 aromatic carbocycles. The number of benzene rings is 1. The van der Waals surface area contributed by atoms with Gasteiger partial charge in [0.05, 0.1) is 0 Å². The van der Waals surface area contributed by atoms with Crippen LogP contribution < -0.4 is 10.6 Å². The summed E-state index contributed by atoms with van der Waals surface area (Å²) in [4.78, 5) is 12.3. The topological polar surface area (TPSA) is 50.4 Å². The summed E-state index contributed by atoms with van der Waals surface area (Å²) in [7, 11) is 0. The van der Waals surface area contributed by atoms with Crippen molar-refractivity contribution in [3.8, 4) is 0 Å². The second-order valence-corrected chi connectivity index (χ2v) is 5.54. The molecule has 1 fully saturated rings. The van der Waals surface area contributed by atoms with E-state index in [2.05, 4.69) is 30.5 Å². The van der Waals surface area contributed by atoms with Crippen LogP contribution in [0.3, 0.4) is 0 Å². The summed E-state index contributed by atoms with van der Waals surface area (Å²) in [6.07, 6.45) is 1.73. The molecule has 4 heteroatoms. The van der Waals surface area contributed by atoms with Gasteiger partial charge in [-0.25, -0.2) is 0 Å². The fourth-order valence-electron chi connectivity index (χ4n) is 2.53. The maximum Gasteiger partial charge on any atom is 0.256 e. The Kier molecular flexibility index (Phi) is 4.78. The predicted molar refractivity (Wildman–Crippen MR) is 80.8 cm³/mol. The molecule has 2 unspecified atom stereocenters. The van der Waals surface area contributed by atoms with E-state index >= 15 is 0 Å². The van der Waals surface area contributed by atoms with Crippen molar-refractivity contribution in [1.29, 1.82) is 0 Å². The average molecular weight is 276 g/mol. The van der Waals surface area contributed by atoms with Crippen LogP contribution in [0.1, 0.15) is 45.2 Å². The highest BCUT2D eigenvalue weighted by molar-refractivity contribution is 5.97. The highest BCUT2D eigenvalue weighted by atomic mass is 16.5. The maximum absolute atomic E-state index is 12.3. The number of rotatable bonds is 5. The second-order valence-electron chi connectivity index (χ2n) is 5.54. The Morgan fingerprint density at radius 1 is 1.50 bits per heavy atom.